The molecule has 0 spiro atoms. The van der Waals surface area contributed by atoms with Crippen molar-refractivity contribution in [2.24, 2.45) is 11.8 Å². The Bertz CT molecular complexity index is 867. The molecular formula is C26H31Br2NO2. The van der Waals surface area contributed by atoms with Gasteiger partial charge in [0.05, 0.1) is 0 Å². The number of carbonyl (C=O) groups is 1. The molecule has 2 aliphatic rings. The van der Waals surface area contributed by atoms with E-state index in [1.54, 1.807) is 0 Å². The van der Waals surface area contributed by atoms with Gasteiger partial charge in [0.2, 0.25) is 0 Å². The summed E-state index contributed by atoms with van der Waals surface area (Å²) >= 11 is 7.36. The number of halogens is 2. The quantitative estimate of drug-likeness (QED) is 0.413. The Morgan fingerprint density at radius 2 is 1.71 bits per heavy atom. The van der Waals surface area contributed by atoms with Crippen molar-refractivity contribution in [2.45, 2.75) is 55.4 Å². The number of piperidine rings is 1. The van der Waals surface area contributed by atoms with E-state index in [4.69, 9.17) is 0 Å². The molecule has 31 heavy (non-hydrogen) atoms. The third kappa shape index (κ3) is 5.09. The average molecular weight is 549 g/mol. The van der Waals surface area contributed by atoms with E-state index in [-0.39, 0.29) is 16.7 Å². The molecule has 166 valence electrons. The highest BCUT2D eigenvalue weighted by atomic mass is 79.9. The summed E-state index contributed by atoms with van der Waals surface area (Å²) in [7, 11) is 0. The third-order valence-electron chi connectivity index (χ3n) is 7.06. The summed E-state index contributed by atoms with van der Waals surface area (Å²) in [5.74, 6) is 0.342. The van der Waals surface area contributed by atoms with Gasteiger partial charge in [-0.25, -0.2) is 0 Å². The number of hydrogen-bond donors (Lipinski definition) is 1. The molecule has 1 saturated heterocycles. The molecule has 1 saturated carbocycles. The van der Waals surface area contributed by atoms with Crippen LogP contribution in [0.5, 0.6) is 0 Å². The van der Waals surface area contributed by atoms with Gasteiger partial charge in [0.15, 0.2) is 5.60 Å². The molecule has 1 amide bonds. The van der Waals surface area contributed by atoms with Gasteiger partial charge in [-0.1, -0.05) is 87.2 Å². The summed E-state index contributed by atoms with van der Waals surface area (Å²) in [5.41, 5.74) is 0.611. The molecule has 3 nitrogen and oxygen atoms in total. The molecule has 3 atom stereocenters. The van der Waals surface area contributed by atoms with Crippen molar-refractivity contribution in [2.75, 3.05) is 13.1 Å². The second-order valence-corrected chi connectivity index (χ2v) is 11.1. The summed E-state index contributed by atoms with van der Waals surface area (Å²) in [6.45, 7) is 1.46. The van der Waals surface area contributed by atoms with Crippen molar-refractivity contribution < 1.29 is 9.90 Å². The molecule has 3 unspecified atom stereocenters. The van der Waals surface area contributed by atoms with Crippen LogP contribution in [0.2, 0.25) is 0 Å². The minimum atomic E-state index is -1.40. The van der Waals surface area contributed by atoms with Crippen molar-refractivity contribution in [1.82, 2.24) is 4.90 Å². The van der Waals surface area contributed by atoms with E-state index < -0.39 is 5.60 Å². The maximum atomic E-state index is 13.8. The van der Waals surface area contributed by atoms with E-state index in [0.29, 0.717) is 5.92 Å². The zero-order valence-electron chi connectivity index (χ0n) is 17.9. The highest BCUT2D eigenvalue weighted by Gasteiger charge is 2.48. The Labute approximate surface area is 202 Å². The molecule has 5 heteroatoms. The zero-order valence-corrected chi connectivity index (χ0v) is 21.0. The predicted octanol–water partition coefficient (Wildman–Crippen LogP) is 6.59. The van der Waals surface area contributed by atoms with E-state index in [9.17, 15) is 9.90 Å². The number of likely N-dealkylation sites (tertiary alicyclic amines) is 1. The van der Waals surface area contributed by atoms with Crippen molar-refractivity contribution in [3.8, 4) is 0 Å². The van der Waals surface area contributed by atoms with E-state index >= 15 is 0 Å². The first kappa shape index (κ1) is 23.0. The fourth-order valence-corrected chi connectivity index (χ4v) is 6.45. The zero-order chi connectivity index (χ0) is 21.8. The number of hydrogen-bond acceptors (Lipinski definition) is 2. The first-order chi connectivity index (χ1) is 15.0. The number of carbonyl (C=O) groups excluding carboxylic acids is 1. The van der Waals surface area contributed by atoms with Crippen LogP contribution in [-0.4, -0.2) is 29.0 Å². The molecule has 0 bridgehead atoms. The molecule has 1 aliphatic heterocycles. The van der Waals surface area contributed by atoms with Gasteiger partial charge in [0.25, 0.3) is 5.91 Å². The number of benzene rings is 2. The summed E-state index contributed by atoms with van der Waals surface area (Å²) < 4.78 is 1.08. The minimum Gasteiger partial charge on any atom is -0.375 e. The number of amides is 1. The SMILES string of the molecule is O=C(N1CCCC(CC(Br)c2ccc(Br)cc2)C1)C(O)(c1ccccc1)C1CCCC1. The molecule has 2 aromatic rings. The molecule has 1 N–H and O–H groups in total. The van der Waals surface area contributed by atoms with Gasteiger partial charge in [0, 0.05) is 28.3 Å². The maximum Gasteiger partial charge on any atom is 0.259 e. The van der Waals surface area contributed by atoms with Gasteiger partial charge in [-0.2, -0.15) is 0 Å². The van der Waals surface area contributed by atoms with Crippen molar-refractivity contribution in [1.29, 1.82) is 0 Å². The third-order valence-corrected chi connectivity index (χ3v) is 8.50. The van der Waals surface area contributed by atoms with Crippen molar-refractivity contribution in [3.63, 3.8) is 0 Å². The lowest BCUT2D eigenvalue weighted by atomic mass is 9.78. The van der Waals surface area contributed by atoms with Crippen LogP contribution in [0.25, 0.3) is 0 Å². The van der Waals surface area contributed by atoms with Crippen LogP contribution in [0, 0.1) is 11.8 Å². The first-order valence-electron chi connectivity index (χ1n) is 11.4. The Hall–Kier alpha value is -1.17. The minimum absolute atomic E-state index is 0.00876. The van der Waals surface area contributed by atoms with Crippen molar-refractivity contribution >= 4 is 37.8 Å². The van der Waals surface area contributed by atoms with Gasteiger partial charge < -0.3 is 10.0 Å². The molecule has 2 fully saturated rings. The summed E-state index contributed by atoms with van der Waals surface area (Å²) in [4.78, 5) is 16.0. The highest BCUT2D eigenvalue weighted by Crippen LogP contribution is 2.43. The van der Waals surface area contributed by atoms with E-state index in [0.717, 1.165) is 68.1 Å². The number of nitrogens with zero attached hydrogens (tertiary/aromatic N) is 1. The lowest BCUT2D eigenvalue weighted by Gasteiger charge is -2.41. The smallest absolute Gasteiger partial charge is 0.259 e. The highest BCUT2D eigenvalue weighted by molar-refractivity contribution is 9.10. The van der Waals surface area contributed by atoms with Gasteiger partial charge in [-0.15, -0.1) is 0 Å². The van der Waals surface area contributed by atoms with Gasteiger partial charge >= 0.3 is 0 Å². The largest absolute Gasteiger partial charge is 0.375 e. The normalized spacial score (nSPS) is 22.8. The van der Waals surface area contributed by atoms with Crippen LogP contribution in [0.1, 0.15) is 60.9 Å². The standard InChI is InChI=1S/C26H31Br2NO2/c27-23-14-12-20(13-15-23)24(28)17-19-7-6-16-29(18-19)25(30)26(31,22-10-4-5-11-22)21-8-2-1-3-9-21/h1-3,8-9,12-15,19,22,24,31H,4-7,10-11,16-18H2. The van der Waals surface area contributed by atoms with E-state index in [1.807, 2.05) is 35.2 Å². The number of aliphatic hydroxyl groups is 1. The molecule has 1 aliphatic carbocycles. The lowest BCUT2D eigenvalue weighted by molar-refractivity contribution is -0.161. The second-order valence-electron chi connectivity index (χ2n) is 9.13. The summed E-state index contributed by atoms with van der Waals surface area (Å²) in [6, 6.07) is 18.1. The van der Waals surface area contributed by atoms with E-state index in [1.165, 1.54) is 5.56 Å². The summed E-state index contributed by atoms with van der Waals surface area (Å²) in [5, 5.41) is 11.9. The number of rotatable bonds is 6. The van der Waals surface area contributed by atoms with E-state index in [2.05, 4.69) is 56.1 Å². The van der Waals surface area contributed by atoms with Crippen LogP contribution in [0.4, 0.5) is 0 Å². The van der Waals surface area contributed by atoms with Gasteiger partial charge in [0.1, 0.15) is 0 Å². The molecule has 0 radical (unpaired) electrons. The van der Waals surface area contributed by atoms with Crippen LogP contribution >= 0.6 is 31.9 Å². The first-order valence-corrected chi connectivity index (χ1v) is 13.2. The van der Waals surface area contributed by atoms with Crippen LogP contribution in [0.3, 0.4) is 0 Å². The second kappa shape index (κ2) is 10.2. The topological polar surface area (TPSA) is 40.5 Å². The molecule has 0 aromatic heterocycles. The van der Waals surface area contributed by atoms with Crippen molar-refractivity contribution in [3.05, 3.63) is 70.2 Å². The average Bonchev–Trinajstić information content (AvgIpc) is 3.35. The van der Waals surface area contributed by atoms with Crippen LogP contribution in [-0.2, 0) is 10.4 Å². The molecule has 1 heterocycles. The van der Waals surface area contributed by atoms with Crippen LogP contribution < -0.4 is 0 Å². The molecule has 2 aromatic carbocycles. The molecule has 4 rings (SSSR count). The molecular weight excluding hydrogens is 518 g/mol. The predicted molar refractivity (Wildman–Crippen MR) is 132 cm³/mol. The lowest BCUT2D eigenvalue weighted by Crippen LogP contribution is -2.53. The Morgan fingerprint density at radius 3 is 2.39 bits per heavy atom. The number of alkyl halides is 1. The fourth-order valence-electron chi connectivity index (χ4n) is 5.35. The van der Waals surface area contributed by atoms with Gasteiger partial charge in [-0.3, -0.25) is 4.79 Å². The Kier molecular flexibility index (Phi) is 7.56. The summed E-state index contributed by atoms with van der Waals surface area (Å²) in [6.07, 6.45) is 7.12. The Balaban J connectivity index is 1.49. The Morgan fingerprint density at radius 1 is 1.03 bits per heavy atom. The van der Waals surface area contributed by atoms with Gasteiger partial charge in [-0.05, 0) is 61.3 Å². The monoisotopic (exact) mass is 547 g/mol. The maximum absolute atomic E-state index is 13.8. The fraction of sp³-hybridized carbons (Fsp3) is 0.500. The van der Waals surface area contributed by atoms with Crippen LogP contribution in [0.15, 0.2) is 59.1 Å².